The van der Waals surface area contributed by atoms with Crippen molar-refractivity contribution in [1.29, 1.82) is 0 Å². The van der Waals surface area contributed by atoms with E-state index >= 15 is 0 Å². The van der Waals surface area contributed by atoms with Crippen LogP contribution in [0.2, 0.25) is 0 Å². The van der Waals surface area contributed by atoms with Crippen molar-refractivity contribution in [3.8, 4) is 0 Å². The molecule has 3 aliphatic rings. The van der Waals surface area contributed by atoms with E-state index in [1.54, 1.807) is 0 Å². The summed E-state index contributed by atoms with van der Waals surface area (Å²) in [5, 5.41) is 3.10. The Morgan fingerprint density at radius 1 is 1.10 bits per heavy atom. The molecule has 3 heterocycles. The fourth-order valence-corrected chi connectivity index (χ4v) is 3.16. The summed E-state index contributed by atoms with van der Waals surface area (Å²) in [7, 11) is 0. The van der Waals surface area contributed by atoms with Gasteiger partial charge in [-0.3, -0.25) is 9.69 Å². The van der Waals surface area contributed by atoms with Crippen molar-refractivity contribution in [1.82, 2.24) is 10.2 Å². The van der Waals surface area contributed by atoms with E-state index in [1.807, 2.05) is 0 Å². The Morgan fingerprint density at radius 2 is 1.75 bits per heavy atom. The van der Waals surface area contributed by atoms with Crippen LogP contribution >= 0.6 is 0 Å². The van der Waals surface area contributed by atoms with Crippen LogP contribution in [0.1, 0.15) is 25.7 Å². The van der Waals surface area contributed by atoms with Crippen molar-refractivity contribution in [2.45, 2.75) is 37.5 Å². The maximum atomic E-state index is 12.0. The minimum absolute atomic E-state index is 0.126. The average molecular weight is 284 g/mol. The molecule has 0 atom stereocenters. The standard InChI is InChI=1S/C14H24N2O4/c17-13(15-12-1-7-18-8-2-12)11-16-5-3-14(4-6-16)19-9-10-20-14/h12H,1-11H2,(H,15,17). The maximum absolute atomic E-state index is 12.0. The topological polar surface area (TPSA) is 60.0 Å². The lowest BCUT2D eigenvalue weighted by Crippen LogP contribution is -2.49. The van der Waals surface area contributed by atoms with Gasteiger partial charge >= 0.3 is 0 Å². The molecular formula is C14H24N2O4. The fraction of sp³-hybridized carbons (Fsp3) is 0.929. The van der Waals surface area contributed by atoms with Gasteiger partial charge in [-0.2, -0.15) is 0 Å². The number of piperidine rings is 1. The van der Waals surface area contributed by atoms with Gasteiger partial charge in [0.05, 0.1) is 19.8 Å². The predicted molar refractivity (Wildman–Crippen MR) is 72.3 cm³/mol. The summed E-state index contributed by atoms with van der Waals surface area (Å²) in [6, 6.07) is 0.286. The smallest absolute Gasteiger partial charge is 0.234 e. The third kappa shape index (κ3) is 3.49. The molecule has 0 aromatic rings. The Labute approximate surface area is 119 Å². The largest absolute Gasteiger partial charge is 0.381 e. The molecule has 0 aliphatic carbocycles. The lowest BCUT2D eigenvalue weighted by atomic mass is 10.0. The minimum atomic E-state index is -0.353. The summed E-state index contributed by atoms with van der Waals surface area (Å²) < 4.78 is 16.7. The Morgan fingerprint density at radius 3 is 2.40 bits per heavy atom. The first-order valence-electron chi connectivity index (χ1n) is 7.63. The van der Waals surface area contributed by atoms with E-state index in [2.05, 4.69) is 10.2 Å². The van der Waals surface area contributed by atoms with E-state index in [0.29, 0.717) is 19.8 Å². The number of nitrogens with one attached hydrogen (secondary N) is 1. The normalized spacial score (nSPS) is 27.8. The number of hydrogen-bond donors (Lipinski definition) is 1. The summed E-state index contributed by atoms with van der Waals surface area (Å²) >= 11 is 0. The third-order valence-corrected chi connectivity index (χ3v) is 4.39. The van der Waals surface area contributed by atoms with Gasteiger partial charge in [-0.05, 0) is 12.8 Å². The highest BCUT2D eigenvalue weighted by Crippen LogP contribution is 2.30. The quantitative estimate of drug-likeness (QED) is 0.798. The fourth-order valence-electron chi connectivity index (χ4n) is 3.16. The van der Waals surface area contributed by atoms with Crippen LogP contribution in [0, 0.1) is 0 Å². The average Bonchev–Trinajstić information content (AvgIpc) is 2.91. The molecule has 1 amide bonds. The van der Waals surface area contributed by atoms with Gasteiger partial charge in [0.15, 0.2) is 5.79 Å². The van der Waals surface area contributed by atoms with Crippen molar-refractivity contribution in [3.05, 3.63) is 0 Å². The number of nitrogens with zero attached hydrogens (tertiary/aromatic N) is 1. The lowest BCUT2D eigenvalue weighted by molar-refractivity contribution is -0.185. The Bertz CT molecular complexity index is 328. The Balaban J connectivity index is 1.39. The van der Waals surface area contributed by atoms with Gasteiger partial charge < -0.3 is 19.5 Å². The first kappa shape index (κ1) is 14.3. The highest BCUT2D eigenvalue weighted by Gasteiger charge is 2.39. The Hall–Kier alpha value is -0.690. The van der Waals surface area contributed by atoms with Crippen molar-refractivity contribution in [3.63, 3.8) is 0 Å². The number of rotatable bonds is 3. The molecule has 114 valence electrons. The zero-order valence-corrected chi connectivity index (χ0v) is 11.9. The zero-order valence-electron chi connectivity index (χ0n) is 11.9. The second kappa shape index (κ2) is 6.39. The van der Waals surface area contributed by atoms with Crippen molar-refractivity contribution in [2.75, 3.05) is 46.1 Å². The Kier molecular flexibility index (Phi) is 4.55. The lowest BCUT2D eigenvalue weighted by Gasteiger charge is -2.37. The first-order valence-corrected chi connectivity index (χ1v) is 7.63. The van der Waals surface area contributed by atoms with Crippen LogP contribution in [0.25, 0.3) is 0 Å². The number of likely N-dealkylation sites (tertiary alicyclic amines) is 1. The van der Waals surface area contributed by atoms with Crippen molar-refractivity contribution >= 4 is 5.91 Å². The van der Waals surface area contributed by atoms with Gasteiger partial charge in [0.2, 0.25) is 5.91 Å². The SMILES string of the molecule is O=C(CN1CCC2(CC1)OCCO2)NC1CCOCC1. The van der Waals surface area contributed by atoms with Crippen LogP contribution in [-0.4, -0.2) is 68.7 Å². The third-order valence-electron chi connectivity index (χ3n) is 4.39. The van der Waals surface area contributed by atoms with Crippen molar-refractivity contribution < 1.29 is 19.0 Å². The van der Waals surface area contributed by atoms with E-state index in [9.17, 15) is 4.79 Å². The van der Waals surface area contributed by atoms with Gasteiger partial charge in [-0.15, -0.1) is 0 Å². The van der Waals surface area contributed by atoms with Crippen LogP contribution in [0.3, 0.4) is 0 Å². The summed E-state index contributed by atoms with van der Waals surface area (Å²) in [4.78, 5) is 14.2. The summed E-state index contributed by atoms with van der Waals surface area (Å²) in [5.41, 5.74) is 0. The molecule has 1 spiro atoms. The number of carbonyl (C=O) groups is 1. The molecule has 0 aromatic carbocycles. The van der Waals surface area contributed by atoms with Crippen molar-refractivity contribution in [2.24, 2.45) is 0 Å². The highest BCUT2D eigenvalue weighted by atomic mass is 16.7. The summed E-state index contributed by atoms with van der Waals surface area (Å²) in [6.45, 7) is 5.11. The molecule has 6 nitrogen and oxygen atoms in total. The van der Waals surface area contributed by atoms with Crippen LogP contribution in [0.5, 0.6) is 0 Å². The molecule has 6 heteroatoms. The molecule has 3 fully saturated rings. The maximum Gasteiger partial charge on any atom is 0.234 e. The monoisotopic (exact) mass is 284 g/mol. The highest BCUT2D eigenvalue weighted by molar-refractivity contribution is 5.78. The molecule has 0 radical (unpaired) electrons. The van der Waals surface area contributed by atoms with Gasteiger partial charge in [-0.1, -0.05) is 0 Å². The number of hydrogen-bond acceptors (Lipinski definition) is 5. The molecule has 0 saturated carbocycles. The molecule has 0 aromatic heterocycles. The van der Waals surface area contributed by atoms with Crippen LogP contribution in [0.4, 0.5) is 0 Å². The van der Waals surface area contributed by atoms with E-state index in [0.717, 1.165) is 52.0 Å². The molecule has 3 aliphatic heterocycles. The molecule has 3 saturated heterocycles. The predicted octanol–water partition coefficient (Wildman–Crippen LogP) is 0.121. The van der Waals surface area contributed by atoms with E-state index in [-0.39, 0.29) is 17.7 Å². The molecule has 0 bridgehead atoms. The van der Waals surface area contributed by atoms with Crippen LogP contribution in [0.15, 0.2) is 0 Å². The summed E-state index contributed by atoms with van der Waals surface area (Å²) in [5.74, 6) is -0.227. The number of ether oxygens (including phenoxy) is 3. The van der Waals surface area contributed by atoms with Gasteiger partial charge in [0.1, 0.15) is 0 Å². The zero-order chi connectivity index (χ0) is 13.8. The molecule has 1 N–H and O–H groups in total. The molecule has 0 unspecified atom stereocenters. The van der Waals surface area contributed by atoms with Crippen LogP contribution < -0.4 is 5.32 Å². The van der Waals surface area contributed by atoms with Gasteiger partial charge in [-0.25, -0.2) is 0 Å². The number of amides is 1. The molecular weight excluding hydrogens is 260 g/mol. The van der Waals surface area contributed by atoms with E-state index < -0.39 is 0 Å². The number of carbonyl (C=O) groups excluding carboxylic acids is 1. The second-order valence-electron chi connectivity index (χ2n) is 5.84. The second-order valence-corrected chi connectivity index (χ2v) is 5.84. The first-order chi connectivity index (χ1) is 9.76. The van der Waals surface area contributed by atoms with Gasteiger partial charge in [0.25, 0.3) is 0 Å². The molecule has 3 rings (SSSR count). The van der Waals surface area contributed by atoms with Crippen LogP contribution in [-0.2, 0) is 19.0 Å². The van der Waals surface area contributed by atoms with E-state index in [4.69, 9.17) is 14.2 Å². The van der Waals surface area contributed by atoms with E-state index in [1.165, 1.54) is 0 Å². The molecule has 20 heavy (non-hydrogen) atoms. The van der Waals surface area contributed by atoms with Gasteiger partial charge in [0, 0.05) is 45.2 Å². The summed E-state index contributed by atoms with van der Waals surface area (Å²) in [6.07, 6.45) is 3.57. The minimum Gasteiger partial charge on any atom is -0.381 e.